The third-order valence-corrected chi connectivity index (χ3v) is 3.67. The predicted molar refractivity (Wildman–Crippen MR) is 49.2 cm³/mol. The van der Waals surface area contributed by atoms with E-state index in [0.29, 0.717) is 0 Å². The first-order valence-electron chi connectivity index (χ1n) is 4.60. The van der Waals surface area contributed by atoms with Gasteiger partial charge in [-0.2, -0.15) is 21.6 Å². The number of esters is 1. The summed E-state index contributed by atoms with van der Waals surface area (Å²) in [6, 6.07) is 0. The Labute approximate surface area is 96.0 Å². The average Bonchev–Trinajstić information content (AvgIpc) is 2.11. The molecule has 0 bridgehead atoms. The molecule has 9 heteroatoms. The van der Waals surface area contributed by atoms with Gasteiger partial charge in [0.1, 0.15) is 0 Å². The molecule has 0 heterocycles. The van der Waals surface area contributed by atoms with Crippen molar-refractivity contribution in [1.82, 2.24) is 0 Å². The summed E-state index contributed by atoms with van der Waals surface area (Å²) in [4.78, 5) is 11.2. The van der Waals surface area contributed by atoms with Gasteiger partial charge >= 0.3 is 21.6 Å². The fraction of sp³-hybridized carbons (Fsp3) is 0.875. The molecule has 1 rings (SSSR count). The van der Waals surface area contributed by atoms with Crippen LogP contribution in [0.15, 0.2) is 0 Å². The summed E-state index contributed by atoms with van der Waals surface area (Å²) >= 11 is 0. The Balaban J connectivity index is 2.59. The second kappa shape index (κ2) is 4.13. The monoisotopic (exact) mass is 276 g/mol. The zero-order chi connectivity index (χ0) is 13.5. The van der Waals surface area contributed by atoms with Gasteiger partial charge < -0.3 is 4.74 Å². The van der Waals surface area contributed by atoms with Gasteiger partial charge in [-0.15, -0.1) is 0 Å². The molecule has 1 saturated carbocycles. The molecule has 17 heavy (non-hydrogen) atoms. The maximum Gasteiger partial charge on any atom is 0.523 e. The van der Waals surface area contributed by atoms with E-state index in [1.807, 2.05) is 0 Å². The van der Waals surface area contributed by atoms with Gasteiger partial charge in [-0.1, -0.05) is 0 Å². The first kappa shape index (κ1) is 14.2. The highest BCUT2D eigenvalue weighted by Gasteiger charge is 2.54. The normalized spacial score (nSPS) is 29.6. The summed E-state index contributed by atoms with van der Waals surface area (Å²) in [6.07, 6.45) is -1.37. The molecule has 0 aromatic carbocycles. The second-order valence-corrected chi connectivity index (χ2v) is 5.64. The quantitative estimate of drug-likeness (QED) is 0.440. The lowest BCUT2D eigenvalue weighted by atomic mass is 9.68. The van der Waals surface area contributed by atoms with Crippen molar-refractivity contribution in [1.29, 1.82) is 0 Å². The van der Waals surface area contributed by atoms with Crippen LogP contribution in [0.25, 0.3) is 0 Å². The summed E-state index contributed by atoms with van der Waals surface area (Å²) in [5, 5.41) is 0. The molecule has 0 aromatic heterocycles. The molecule has 1 aliphatic carbocycles. The summed E-state index contributed by atoms with van der Waals surface area (Å²) in [5.74, 6) is -0.596. The van der Waals surface area contributed by atoms with Gasteiger partial charge in [0.05, 0.1) is 18.6 Å². The van der Waals surface area contributed by atoms with E-state index >= 15 is 0 Å². The molecule has 0 N–H and O–H groups in total. The minimum atomic E-state index is -5.59. The molecule has 0 saturated heterocycles. The van der Waals surface area contributed by atoms with Crippen LogP contribution in [0.1, 0.15) is 19.8 Å². The van der Waals surface area contributed by atoms with Crippen molar-refractivity contribution in [2.45, 2.75) is 31.4 Å². The molecular weight excluding hydrogens is 265 g/mol. The van der Waals surface area contributed by atoms with Crippen molar-refractivity contribution in [2.24, 2.45) is 5.41 Å². The van der Waals surface area contributed by atoms with Gasteiger partial charge in [0.2, 0.25) is 0 Å². The number of rotatable bonds is 3. The van der Waals surface area contributed by atoms with Gasteiger partial charge in [0, 0.05) is 0 Å². The lowest BCUT2D eigenvalue weighted by molar-refractivity contribution is -0.163. The fourth-order valence-electron chi connectivity index (χ4n) is 1.66. The van der Waals surface area contributed by atoms with Crippen molar-refractivity contribution in [3.8, 4) is 0 Å². The van der Waals surface area contributed by atoms with E-state index in [1.165, 1.54) is 6.92 Å². The predicted octanol–water partition coefficient (Wildman–Crippen LogP) is 1.19. The fourth-order valence-corrected chi connectivity index (χ4v) is 2.26. The lowest BCUT2D eigenvalue weighted by Crippen LogP contribution is -2.48. The molecule has 1 aliphatic rings. The number of ether oxygens (including phenoxy) is 1. The van der Waals surface area contributed by atoms with Gasteiger partial charge in [0.15, 0.2) is 0 Å². The smallest absolute Gasteiger partial charge is 0.469 e. The summed E-state index contributed by atoms with van der Waals surface area (Å²) in [5.41, 5.74) is -6.41. The van der Waals surface area contributed by atoms with Crippen molar-refractivity contribution >= 4 is 16.1 Å². The molecule has 0 atom stereocenters. The van der Waals surface area contributed by atoms with Crippen LogP contribution in [0.2, 0.25) is 0 Å². The Hall–Kier alpha value is -0.830. The van der Waals surface area contributed by atoms with E-state index in [0.717, 1.165) is 7.11 Å². The summed E-state index contributed by atoms with van der Waals surface area (Å²) in [6.45, 7) is 1.47. The Morgan fingerprint density at radius 2 is 1.82 bits per heavy atom. The standard InChI is InChI=1S/C8H11F3O5S/c1-7(6(12)15-2)3-5(4-7)16-17(13,14)8(9,10)11/h5H,3-4H2,1-2H3. The highest BCUT2D eigenvalue weighted by atomic mass is 32.2. The second-order valence-electron chi connectivity index (χ2n) is 4.08. The zero-order valence-electron chi connectivity index (χ0n) is 9.07. The van der Waals surface area contributed by atoms with E-state index in [4.69, 9.17) is 0 Å². The Morgan fingerprint density at radius 3 is 2.18 bits per heavy atom. The highest BCUT2D eigenvalue weighted by molar-refractivity contribution is 7.87. The van der Waals surface area contributed by atoms with Crippen molar-refractivity contribution < 1.29 is 35.3 Å². The van der Waals surface area contributed by atoms with Crippen LogP contribution in [-0.4, -0.2) is 33.1 Å². The maximum atomic E-state index is 12.0. The van der Waals surface area contributed by atoms with Crippen LogP contribution in [0, 0.1) is 5.41 Å². The Bertz CT molecular complexity index is 407. The van der Waals surface area contributed by atoms with E-state index in [-0.39, 0.29) is 12.8 Å². The molecule has 100 valence electrons. The molecule has 0 amide bonds. The summed E-state index contributed by atoms with van der Waals surface area (Å²) < 4.78 is 65.6. The molecule has 0 spiro atoms. The number of alkyl halides is 3. The van der Waals surface area contributed by atoms with E-state index < -0.39 is 33.1 Å². The summed E-state index contributed by atoms with van der Waals surface area (Å²) in [7, 11) is -4.45. The number of carbonyl (C=O) groups excluding carboxylic acids is 1. The number of hydrogen-bond acceptors (Lipinski definition) is 5. The van der Waals surface area contributed by atoms with Crippen LogP contribution in [0.5, 0.6) is 0 Å². The van der Waals surface area contributed by atoms with Gasteiger partial charge in [-0.05, 0) is 19.8 Å². The molecule has 0 unspecified atom stereocenters. The van der Waals surface area contributed by atoms with E-state index in [9.17, 15) is 26.4 Å². The first-order chi connectivity index (χ1) is 7.52. The number of carbonyl (C=O) groups is 1. The minimum Gasteiger partial charge on any atom is -0.469 e. The number of methoxy groups -OCH3 is 1. The van der Waals surface area contributed by atoms with E-state index in [2.05, 4.69) is 8.92 Å². The number of halogens is 3. The third-order valence-electron chi connectivity index (χ3n) is 2.58. The third kappa shape index (κ3) is 2.71. The van der Waals surface area contributed by atoms with Crippen LogP contribution < -0.4 is 0 Å². The van der Waals surface area contributed by atoms with Crippen molar-refractivity contribution in [2.75, 3.05) is 7.11 Å². The highest BCUT2D eigenvalue weighted by Crippen LogP contribution is 2.45. The minimum absolute atomic E-state index is 0.116. The molecule has 5 nitrogen and oxygen atoms in total. The molecule has 0 radical (unpaired) electrons. The van der Waals surface area contributed by atoms with Crippen LogP contribution in [0.3, 0.4) is 0 Å². The van der Waals surface area contributed by atoms with Crippen molar-refractivity contribution in [3.05, 3.63) is 0 Å². The topological polar surface area (TPSA) is 69.7 Å². The SMILES string of the molecule is COC(=O)C1(C)CC(OS(=O)(=O)C(F)(F)F)C1. The zero-order valence-corrected chi connectivity index (χ0v) is 9.89. The number of hydrogen-bond donors (Lipinski definition) is 0. The van der Waals surface area contributed by atoms with Crippen LogP contribution in [0.4, 0.5) is 13.2 Å². The maximum absolute atomic E-state index is 12.0. The van der Waals surface area contributed by atoms with Gasteiger partial charge in [-0.3, -0.25) is 8.98 Å². The molecule has 0 aromatic rings. The molecular formula is C8H11F3O5S. The Kier molecular flexibility index (Phi) is 3.45. The molecule has 0 aliphatic heterocycles. The van der Waals surface area contributed by atoms with Gasteiger partial charge in [-0.25, -0.2) is 0 Å². The van der Waals surface area contributed by atoms with Gasteiger partial charge in [0.25, 0.3) is 0 Å². The largest absolute Gasteiger partial charge is 0.523 e. The average molecular weight is 276 g/mol. The van der Waals surface area contributed by atoms with Crippen LogP contribution in [-0.2, 0) is 23.8 Å². The Morgan fingerprint density at radius 1 is 1.35 bits per heavy atom. The van der Waals surface area contributed by atoms with E-state index in [1.54, 1.807) is 0 Å². The lowest BCUT2D eigenvalue weighted by Gasteiger charge is -2.41. The molecule has 1 fully saturated rings. The van der Waals surface area contributed by atoms with Crippen molar-refractivity contribution in [3.63, 3.8) is 0 Å². The first-order valence-corrected chi connectivity index (χ1v) is 6.01. The van der Waals surface area contributed by atoms with Crippen LogP contribution >= 0.6 is 0 Å².